The molecule has 2 aromatic carbocycles. The number of rotatable bonds is 9. The lowest BCUT2D eigenvalue weighted by atomic mass is 10.1. The molecule has 3 aromatic rings. The van der Waals surface area contributed by atoms with Crippen LogP contribution >= 0.6 is 12.4 Å². The van der Waals surface area contributed by atoms with E-state index in [2.05, 4.69) is 10.3 Å². The number of ether oxygens (including phenoxy) is 2. The molecule has 6 nitrogen and oxygen atoms in total. The molecule has 0 saturated carbocycles. The number of aromatic nitrogens is 2. The van der Waals surface area contributed by atoms with Gasteiger partial charge in [0.25, 0.3) is 0 Å². The summed E-state index contributed by atoms with van der Waals surface area (Å²) >= 11 is 0. The van der Waals surface area contributed by atoms with Gasteiger partial charge in [0.2, 0.25) is 0 Å². The van der Waals surface area contributed by atoms with Crippen molar-refractivity contribution < 1.29 is 19.0 Å². The molecule has 1 heterocycles. The van der Waals surface area contributed by atoms with E-state index in [1.54, 1.807) is 43.6 Å². The molecular weight excluding hydrogens is 397 g/mol. The first-order valence-corrected chi connectivity index (χ1v) is 8.98. The van der Waals surface area contributed by atoms with E-state index in [1.165, 1.54) is 12.1 Å². The first kappa shape index (κ1) is 22.7. The standard InChI is InChI=1S/C21H24FN3O3.ClH/c1-25-11-10-23-21(25)20(15-4-3-5-16(22)12-15)24-13-17(26)14-28-19-8-6-18(27-2)7-9-19;/h3-12,17,20,24,26H,13-14H2,1-2H3;1H. The minimum atomic E-state index is -0.751. The van der Waals surface area contributed by atoms with Crippen LogP contribution in [0, 0.1) is 5.82 Å². The van der Waals surface area contributed by atoms with Crippen molar-refractivity contribution in [2.45, 2.75) is 12.1 Å². The topological polar surface area (TPSA) is 68.5 Å². The van der Waals surface area contributed by atoms with Gasteiger partial charge in [-0.15, -0.1) is 12.4 Å². The highest BCUT2D eigenvalue weighted by molar-refractivity contribution is 5.85. The first-order chi connectivity index (χ1) is 13.6. The van der Waals surface area contributed by atoms with E-state index < -0.39 is 6.10 Å². The molecule has 0 bridgehead atoms. The number of imidazole rings is 1. The minimum Gasteiger partial charge on any atom is -0.497 e. The first-order valence-electron chi connectivity index (χ1n) is 8.98. The molecule has 3 rings (SSSR count). The minimum absolute atomic E-state index is 0. The zero-order valence-corrected chi connectivity index (χ0v) is 17.1. The number of nitrogens with zero attached hydrogens (tertiary/aromatic N) is 2. The second kappa shape index (κ2) is 10.8. The van der Waals surface area contributed by atoms with E-state index in [0.29, 0.717) is 5.75 Å². The summed E-state index contributed by atoms with van der Waals surface area (Å²) in [6.07, 6.45) is 2.76. The monoisotopic (exact) mass is 421 g/mol. The van der Waals surface area contributed by atoms with Crippen molar-refractivity contribution in [1.82, 2.24) is 14.9 Å². The molecular formula is C21H25ClFN3O3. The van der Waals surface area contributed by atoms with Crippen LogP contribution in [0.2, 0.25) is 0 Å². The zero-order valence-electron chi connectivity index (χ0n) is 16.3. The van der Waals surface area contributed by atoms with Gasteiger partial charge in [0.15, 0.2) is 0 Å². The molecule has 2 atom stereocenters. The Morgan fingerprint density at radius 2 is 1.90 bits per heavy atom. The van der Waals surface area contributed by atoms with Crippen LogP contribution in [0.3, 0.4) is 0 Å². The van der Waals surface area contributed by atoms with Crippen molar-refractivity contribution in [3.8, 4) is 11.5 Å². The molecule has 2 N–H and O–H groups in total. The van der Waals surface area contributed by atoms with Crippen LogP contribution in [-0.4, -0.2) is 41.0 Å². The number of hydrogen-bond donors (Lipinski definition) is 2. The third-order valence-electron chi connectivity index (χ3n) is 4.36. The van der Waals surface area contributed by atoms with Crippen molar-refractivity contribution in [3.05, 3.63) is 78.1 Å². The lowest BCUT2D eigenvalue weighted by Crippen LogP contribution is -2.35. The van der Waals surface area contributed by atoms with Crippen LogP contribution in [0.1, 0.15) is 17.4 Å². The maximum atomic E-state index is 13.7. The Hall–Kier alpha value is -2.61. The molecule has 8 heteroatoms. The average molecular weight is 422 g/mol. The van der Waals surface area contributed by atoms with Gasteiger partial charge in [0, 0.05) is 26.0 Å². The van der Waals surface area contributed by atoms with Gasteiger partial charge in [0.05, 0.1) is 13.2 Å². The summed E-state index contributed by atoms with van der Waals surface area (Å²) in [4.78, 5) is 4.36. The number of benzene rings is 2. The van der Waals surface area contributed by atoms with Gasteiger partial charge < -0.3 is 24.5 Å². The zero-order chi connectivity index (χ0) is 19.9. The maximum Gasteiger partial charge on any atom is 0.130 e. The summed E-state index contributed by atoms with van der Waals surface area (Å²) in [7, 11) is 3.47. The largest absolute Gasteiger partial charge is 0.497 e. The Bertz CT molecular complexity index is 889. The third-order valence-corrected chi connectivity index (χ3v) is 4.36. The fourth-order valence-electron chi connectivity index (χ4n) is 2.88. The number of hydrogen-bond acceptors (Lipinski definition) is 5. The molecule has 0 amide bonds. The molecule has 1 aromatic heterocycles. The molecule has 156 valence electrons. The highest BCUT2D eigenvalue weighted by Gasteiger charge is 2.20. The molecule has 29 heavy (non-hydrogen) atoms. The number of halogens is 2. The number of aryl methyl sites for hydroxylation is 1. The lowest BCUT2D eigenvalue weighted by Gasteiger charge is -2.21. The van der Waals surface area contributed by atoms with Crippen molar-refractivity contribution >= 4 is 12.4 Å². The van der Waals surface area contributed by atoms with Gasteiger partial charge >= 0.3 is 0 Å². The average Bonchev–Trinajstić information content (AvgIpc) is 3.13. The Balaban J connectivity index is 0.00000300. The van der Waals surface area contributed by atoms with Crippen LogP contribution < -0.4 is 14.8 Å². The van der Waals surface area contributed by atoms with E-state index in [1.807, 2.05) is 23.9 Å². The predicted octanol–water partition coefficient (Wildman–Crippen LogP) is 3.11. The number of aliphatic hydroxyl groups is 1. The summed E-state index contributed by atoms with van der Waals surface area (Å²) in [6.45, 7) is 0.375. The van der Waals surface area contributed by atoms with Crippen LogP contribution in [0.25, 0.3) is 0 Å². The second-order valence-electron chi connectivity index (χ2n) is 6.43. The van der Waals surface area contributed by atoms with E-state index in [0.717, 1.165) is 17.1 Å². The van der Waals surface area contributed by atoms with Gasteiger partial charge in [-0.25, -0.2) is 9.37 Å². The number of methoxy groups -OCH3 is 1. The quantitative estimate of drug-likeness (QED) is 0.555. The van der Waals surface area contributed by atoms with Gasteiger partial charge in [-0.3, -0.25) is 0 Å². The van der Waals surface area contributed by atoms with Gasteiger partial charge in [-0.05, 0) is 42.0 Å². The van der Waals surface area contributed by atoms with E-state index in [9.17, 15) is 9.50 Å². The summed E-state index contributed by atoms with van der Waals surface area (Å²) in [5.41, 5.74) is 0.734. The Labute approximate surface area is 175 Å². The van der Waals surface area contributed by atoms with E-state index in [-0.39, 0.29) is 37.4 Å². The van der Waals surface area contributed by atoms with Gasteiger partial charge in [0.1, 0.15) is 35.9 Å². The fourth-order valence-corrected chi connectivity index (χ4v) is 2.88. The smallest absolute Gasteiger partial charge is 0.130 e. The Kier molecular flexibility index (Phi) is 8.45. The lowest BCUT2D eigenvalue weighted by molar-refractivity contribution is 0.104. The van der Waals surface area contributed by atoms with Crippen LogP contribution in [0.5, 0.6) is 11.5 Å². The SMILES string of the molecule is COc1ccc(OCC(O)CNC(c2cccc(F)c2)c2nccn2C)cc1.Cl. The van der Waals surface area contributed by atoms with Gasteiger partial charge in [-0.2, -0.15) is 0 Å². The number of nitrogens with one attached hydrogen (secondary N) is 1. The van der Waals surface area contributed by atoms with Crippen LogP contribution in [0.4, 0.5) is 4.39 Å². The predicted molar refractivity (Wildman–Crippen MR) is 111 cm³/mol. The second-order valence-corrected chi connectivity index (χ2v) is 6.43. The third kappa shape index (κ3) is 6.19. The molecule has 0 aliphatic rings. The summed E-state index contributed by atoms with van der Waals surface area (Å²) < 4.78 is 26.3. The normalized spacial score (nSPS) is 12.7. The molecule has 0 fully saturated rings. The van der Waals surface area contributed by atoms with Gasteiger partial charge in [-0.1, -0.05) is 12.1 Å². The molecule has 0 saturated heterocycles. The van der Waals surface area contributed by atoms with Crippen molar-refractivity contribution in [2.75, 3.05) is 20.3 Å². The molecule has 2 unspecified atom stereocenters. The highest BCUT2D eigenvalue weighted by atomic mass is 35.5. The van der Waals surface area contributed by atoms with Crippen molar-refractivity contribution in [1.29, 1.82) is 0 Å². The highest BCUT2D eigenvalue weighted by Crippen LogP contribution is 2.21. The maximum absolute atomic E-state index is 13.7. The summed E-state index contributed by atoms with van der Waals surface area (Å²) in [6, 6.07) is 13.1. The van der Waals surface area contributed by atoms with Crippen LogP contribution in [-0.2, 0) is 7.05 Å². The van der Waals surface area contributed by atoms with E-state index in [4.69, 9.17) is 9.47 Å². The molecule has 0 radical (unpaired) electrons. The van der Waals surface area contributed by atoms with Crippen LogP contribution in [0.15, 0.2) is 60.9 Å². The molecule has 0 spiro atoms. The van der Waals surface area contributed by atoms with Crippen molar-refractivity contribution in [2.24, 2.45) is 7.05 Å². The Morgan fingerprint density at radius 3 is 2.52 bits per heavy atom. The summed E-state index contributed by atoms with van der Waals surface area (Å²) in [5.74, 6) is 1.80. The Morgan fingerprint density at radius 1 is 1.17 bits per heavy atom. The fraction of sp³-hybridized carbons (Fsp3) is 0.286. The van der Waals surface area contributed by atoms with Crippen molar-refractivity contribution in [3.63, 3.8) is 0 Å². The van der Waals surface area contributed by atoms with E-state index >= 15 is 0 Å². The number of aliphatic hydroxyl groups excluding tert-OH is 1. The summed E-state index contributed by atoms with van der Waals surface area (Å²) in [5, 5.41) is 13.6. The molecule has 0 aliphatic heterocycles. The molecule has 0 aliphatic carbocycles.